The standard InChI is InChI=1S/C11H17IN/c1-13(2)5-9-7-3-8(10(9)6-13)11(12)4-7/h4,7-10H,3,5-6H2,1-2H3/q+1/t7-,8+,9-,10+/m1/s1. The Balaban J connectivity index is 1.92. The van der Waals surface area contributed by atoms with Crippen LogP contribution < -0.4 is 0 Å². The Morgan fingerprint density at radius 1 is 1.31 bits per heavy atom. The van der Waals surface area contributed by atoms with Crippen molar-refractivity contribution in [3.8, 4) is 0 Å². The van der Waals surface area contributed by atoms with Gasteiger partial charge in [-0.15, -0.1) is 0 Å². The van der Waals surface area contributed by atoms with Crippen LogP contribution >= 0.6 is 22.6 Å². The summed E-state index contributed by atoms with van der Waals surface area (Å²) < 4.78 is 2.94. The molecule has 0 radical (unpaired) electrons. The highest BCUT2D eigenvalue weighted by molar-refractivity contribution is 14.1. The first-order chi connectivity index (χ1) is 6.07. The van der Waals surface area contributed by atoms with Crippen LogP contribution in [0.1, 0.15) is 6.42 Å². The maximum atomic E-state index is 2.57. The molecule has 1 aliphatic heterocycles. The molecule has 1 heterocycles. The summed E-state index contributed by atoms with van der Waals surface area (Å²) in [6.07, 6.45) is 4.03. The summed E-state index contributed by atoms with van der Waals surface area (Å²) in [7, 11) is 4.79. The van der Waals surface area contributed by atoms with Crippen LogP contribution in [0.2, 0.25) is 0 Å². The van der Waals surface area contributed by atoms with Gasteiger partial charge in [0.25, 0.3) is 0 Å². The topological polar surface area (TPSA) is 0 Å². The van der Waals surface area contributed by atoms with Gasteiger partial charge in [0.15, 0.2) is 0 Å². The number of quaternary nitrogens is 1. The van der Waals surface area contributed by atoms with Gasteiger partial charge < -0.3 is 4.48 Å². The molecule has 0 N–H and O–H groups in total. The van der Waals surface area contributed by atoms with Crippen LogP contribution in [0.4, 0.5) is 0 Å². The predicted octanol–water partition coefficient (Wildman–Crippen LogP) is 2.28. The zero-order chi connectivity index (χ0) is 9.22. The highest BCUT2D eigenvalue weighted by Gasteiger charge is 2.55. The summed E-state index contributed by atoms with van der Waals surface area (Å²) in [5, 5.41) is 0. The van der Waals surface area contributed by atoms with Gasteiger partial charge in [-0.1, -0.05) is 6.08 Å². The van der Waals surface area contributed by atoms with E-state index in [1.165, 1.54) is 24.0 Å². The molecule has 1 saturated carbocycles. The third kappa shape index (κ3) is 1.14. The van der Waals surface area contributed by atoms with E-state index in [4.69, 9.17) is 0 Å². The van der Waals surface area contributed by atoms with E-state index < -0.39 is 0 Å². The molecule has 1 saturated heterocycles. The molecule has 2 heteroatoms. The van der Waals surface area contributed by atoms with E-state index in [9.17, 15) is 0 Å². The van der Waals surface area contributed by atoms with E-state index >= 15 is 0 Å². The van der Waals surface area contributed by atoms with E-state index in [1.54, 1.807) is 3.58 Å². The maximum Gasteiger partial charge on any atom is 0.0822 e. The van der Waals surface area contributed by atoms with E-state index in [0.717, 1.165) is 23.7 Å². The van der Waals surface area contributed by atoms with Crippen LogP contribution in [-0.2, 0) is 0 Å². The third-order valence-corrected chi connectivity index (χ3v) is 5.44. The Kier molecular flexibility index (Phi) is 1.68. The van der Waals surface area contributed by atoms with Crippen LogP contribution in [0.5, 0.6) is 0 Å². The molecule has 72 valence electrons. The maximum absolute atomic E-state index is 2.57. The minimum absolute atomic E-state index is 0.946. The Hall–Kier alpha value is 0.430. The molecular formula is C11H17IN+. The molecule has 0 aromatic rings. The highest BCUT2D eigenvalue weighted by atomic mass is 127. The largest absolute Gasteiger partial charge is 0.328 e. The second kappa shape index (κ2) is 2.51. The van der Waals surface area contributed by atoms with Gasteiger partial charge >= 0.3 is 0 Å². The van der Waals surface area contributed by atoms with Crippen LogP contribution in [0, 0.1) is 23.7 Å². The van der Waals surface area contributed by atoms with Crippen molar-refractivity contribution in [2.75, 3.05) is 27.2 Å². The molecule has 0 spiro atoms. The van der Waals surface area contributed by atoms with Crippen LogP contribution in [-0.4, -0.2) is 31.7 Å². The zero-order valence-electron chi connectivity index (χ0n) is 8.33. The molecule has 2 fully saturated rings. The summed E-state index contributed by atoms with van der Waals surface area (Å²) in [5.41, 5.74) is 0. The van der Waals surface area contributed by atoms with Crippen molar-refractivity contribution in [3.63, 3.8) is 0 Å². The van der Waals surface area contributed by atoms with Crippen molar-refractivity contribution in [1.82, 2.24) is 0 Å². The number of allylic oxidation sites excluding steroid dienone is 2. The summed E-state index contributed by atoms with van der Waals surface area (Å²) in [6.45, 7) is 2.85. The Morgan fingerprint density at radius 2 is 2.00 bits per heavy atom. The van der Waals surface area contributed by atoms with Gasteiger partial charge in [0, 0.05) is 11.8 Å². The number of hydrogen-bond acceptors (Lipinski definition) is 0. The zero-order valence-corrected chi connectivity index (χ0v) is 10.5. The molecule has 0 amide bonds. The van der Waals surface area contributed by atoms with E-state index in [2.05, 4.69) is 42.8 Å². The van der Waals surface area contributed by atoms with E-state index in [1.807, 2.05) is 0 Å². The fourth-order valence-electron chi connectivity index (χ4n) is 3.84. The summed E-state index contributed by atoms with van der Waals surface area (Å²) >= 11 is 2.57. The van der Waals surface area contributed by atoms with E-state index in [-0.39, 0.29) is 0 Å². The van der Waals surface area contributed by atoms with Gasteiger partial charge in [-0.2, -0.15) is 0 Å². The molecule has 0 aromatic carbocycles. The van der Waals surface area contributed by atoms with Crippen molar-refractivity contribution in [2.24, 2.45) is 23.7 Å². The first kappa shape index (κ1) is 8.72. The molecule has 1 nitrogen and oxygen atoms in total. The Bertz CT molecular complexity index is 282. The molecule has 0 aromatic heterocycles. The molecule has 2 aliphatic carbocycles. The molecule has 13 heavy (non-hydrogen) atoms. The number of hydrogen-bond donors (Lipinski definition) is 0. The van der Waals surface area contributed by atoms with Gasteiger partial charge in [-0.25, -0.2) is 0 Å². The third-order valence-electron chi connectivity index (χ3n) is 4.28. The fourth-order valence-corrected chi connectivity index (χ4v) is 5.02. The predicted molar refractivity (Wildman–Crippen MR) is 62.5 cm³/mol. The smallest absolute Gasteiger partial charge is 0.0822 e. The lowest BCUT2D eigenvalue weighted by molar-refractivity contribution is -0.881. The van der Waals surface area contributed by atoms with Crippen molar-refractivity contribution in [2.45, 2.75) is 6.42 Å². The SMILES string of the molecule is C[N+]1(C)C[C@@H]2[C@H](C1)[C@H]1C=C(I)[C@H]2C1. The average molecular weight is 290 g/mol. The minimum Gasteiger partial charge on any atom is -0.328 e. The normalized spacial score (nSPS) is 50.8. The number of fused-ring (bicyclic) bond motifs is 5. The molecule has 3 aliphatic rings. The minimum atomic E-state index is 0.946. The van der Waals surface area contributed by atoms with Crippen LogP contribution in [0.3, 0.4) is 0 Å². The first-order valence-corrected chi connectivity index (χ1v) is 6.34. The van der Waals surface area contributed by atoms with Crippen molar-refractivity contribution < 1.29 is 4.48 Å². The lowest BCUT2D eigenvalue weighted by atomic mass is 9.86. The van der Waals surface area contributed by atoms with Crippen molar-refractivity contribution >= 4 is 22.6 Å². The fraction of sp³-hybridized carbons (Fsp3) is 0.818. The summed E-state index contributed by atoms with van der Waals surface area (Å²) in [5.74, 6) is 3.95. The van der Waals surface area contributed by atoms with Gasteiger partial charge in [0.1, 0.15) is 0 Å². The second-order valence-corrected chi connectivity index (χ2v) is 6.93. The Morgan fingerprint density at radius 3 is 2.77 bits per heavy atom. The van der Waals surface area contributed by atoms with Gasteiger partial charge in [-0.3, -0.25) is 0 Å². The van der Waals surface area contributed by atoms with Crippen molar-refractivity contribution in [3.05, 3.63) is 9.66 Å². The highest BCUT2D eigenvalue weighted by Crippen LogP contribution is 2.56. The van der Waals surface area contributed by atoms with Gasteiger partial charge in [-0.05, 0) is 44.4 Å². The molecule has 2 bridgehead atoms. The average Bonchev–Trinajstić information content (AvgIpc) is 2.56. The van der Waals surface area contributed by atoms with Gasteiger partial charge in [0.2, 0.25) is 0 Å². The molecular weight excluding hydrogens is 273 g/mol. The van der Waals surface area contributed by atoms with Gasteiger partial charge in [0.05, 0.1) is 27.2 Å². The summed E-state index contributed by atoms with van der Waals surface area (Å²) in [4.78, 5) is 0. The second-order valence-electron chi connectivity index (χ2n) is 5.69. The molecule has 0 unspecified atom stereocenters. The van der Waals surface area contributed by atoms with Crippen LogP contribution in [0.25, 0.3) is 0 Å². The first-order valence-electron chi connectivity index (χ1n) is 5.26. The van der Waals surface area contributed by atoms with E-state index in [0.29, 0.717) is 0 Å². The number of rotatable bonds is 0. The molecule has 3 rings (SSSR count). The van der Waals surface area contributed by atoms with Crippen molar-refractivity contribution in [1.29, 1.82) is 0 Å². The quantitative estimate of drug-likeness (QED) is 0.474. The monoisotopic (exact) mass is 290 g/mol. The lowest BCUT2D eigenvalue weighted by Gasteiger charge is -2.25. The summed E-state index contributed by atoms with van der Waals surface area (Å²) in [6, 6.07) is 0. The number of halogens is 1. The van der Waals surface area contributed by atoms with Crippen LogP contribution in [0.15, 0.2) is 9.66 Å². The number of likely N-dealkylation sites (tertiary alicyclic amines) is 1. The Labute approximate surface area is 93.9 Å². The number of nitrogens with zero attached hydrogens (tertiary/aromatic N) is 1. The molecule has 4 atom stereocenters. The lowest BCUT2D eigenvalue weighted by Crippen LogP contribution is -2.38.